The lowest BCUT2D eigenvalue weighted by atomic mass is 9.88. The molecule has 0 radical (unpaired) electrons. The highest BCUT2D eigenvalue weighted by molar-refractivity contribution is 5.90. The van der Waals surface area contributed by atoms with Gasteiger partial charge in [-0.2, -0.15) is 0 Å². The number of nitrogens with two attached hydrogens (primary N) is 1. The number of nitrogens with one attached hydrogen (secondary N) is 2. The van der Waals surface area contributed by atoms with Crippen LogP contribution >= 0.6 is 0 Å². The van der Waals surface area contributed by atoms with Gasteiger partial charge in [0.15, 0.2) is 0 Å². The molecule has 0 heterocycles. The van der Waals surface area contributed by atoms with E-state index in [2.05, 4.69) is 36.6 Å². The van der Waals surface area contributed by atoms with Crippen LogP contribution in [0.25, 0.3) is 0 Å². The van der Waals surface area contributed by atoms with Crippen LogP contribution in [0.15, 0.2) is 30.3 Å². The van der Waals surface area contributed by atoms with Crippen molar-refractivity contribution in [3.05, 3.63) is 35.9 Å². The van der Waals surface area contributed by atoms with Gasteiger partial charge in [0, 0.05) is 12.0 Å². The zero-order valence-corrected chi connectivity index (χ0v) is 14.5. The number of amides is 3. The molecule has 1 atom stereocenters. The lowest BCUT2D eigenvalue weighted by Gasteiger charge is -2.28. The molecule has 0 aromatic heterocycles. The Morgan fingerprint density at radius 3 is 2.21 bits per heavy atom. The standard InChI is InChI=1S/C19H27N3O2/c1-17(2)12-18(17,14-8-4-3-5-9-14)13-21-16(24)22-19(15(20)23)10-6-7-11-19/h3-5,8-9H,6-7,10-13H2,1-2H3,(H2,20,23)(H2,21,22,24)/t18-/m1/s1. The third-order valence-corrected chi connectivity index (χ3v) is 6.07. The molecule has 3 amide bonds. The van der Waals surface area contributed by atoms with Crippen molar-refractivity contribution in [3.8, 4) is 0 Å². The van der Waals surface area contributed by atoms with Gasteiger partial charge in [-0.05, 0) is 30.2 Å². The highest BCUT2D eigenvalue weighted by atomic mass is 16.2. The minimum Gasteiger partial charge on any atom is -0.368 e. The maximum atomic E-state index is 12.4. The summed E-state index contributed by atoms with van der Waals surface area (Å²) in [5, 5.41) is 5.83. The van der Waals surface area contributed by atoms with Gasteiger partial charge >= 0.3 is 6.03 Å². The number of carbonyl (C=O) groups excluding carboxylic acids is 2. The molecule has 2 saturated carbocycles. The summed E-state index contributed by atoms with van der Waals surface area (Å²) in [7, 11) is 0. The Kier molecular flexibility index (Phi) is 4.06. The molecule has 2 fully saturated rings. The van der Waals surface area contributed by atoms with Crippen molar-refractivity contribution in [3.63, 3.8) is 0 Å². The zero-order chi connectivity index (χ0) is 17.4. The van der Waals surface area contributed by atoms with Crippen molar-refractivity contribution >= 4 is 11.9 Å². The normalized spacial score (nSPS) is 26.6. The Hall–Kier alpha value is -2.04. The lowest BCUT2D eigenvalue weighted by Crippen LogP contribution is -2.58. The van der Waals surface area contributed by atoms with Gasteiger partial charge in [-0.25, -0.2) is 4.79 Å². The predicted octanol–water partition coefficient (Wildman–Crippen LogP) is 2.45. The summed E-state index contributed by atoms with van der Waals surface area (Å²) in [5.41, 5.74) is 6.02. The van der Waals surface area contributed by atoms with E-state index < -0.39 is 11.4 Å². The molecule has 3 rings (SSSR count). The van der Waals surface area contributed by atoms with Gasteiger partial charge in [0.2, 0.25) is 5.91 Å². The van der Waals surface area contributed by atoms with Gasteiger partial charge in [-0.1, -0.05) is 57.0 Å². The zero-order valence-electron chi connectivity index (χ0n) is 14.5. The van der Waals surface area contributed by atoms with Crippen LogP contribution in [0, 0.1) is 5.41 Å². The molecule has 1 aromatic carbocycles. The number of rotatable bonds is 5. The van der Waals surface area contributed by atoms with E-state index in [4.69, 9.17) is 5.73 Å². The van der Waals surface area contributed by atoms with Gasteiger partial charge in [0.1, 0.15) is 5.54 Å². The molecule has 0 unspecified atom stereocenters. The van der Waals surface area contributed by atoms with Crippen LogP contribution in [0.1, 0.15) is 51.5 Å². The molecule has 24 heavy (non-hydrogen) atoms. The lowest BCUT2D eigenvalue weighted by molar-refractivity contribution is -0.123. The molecule has 0 bridgehead atoms. The Labute approximate surface area is 143 Å². The Bertz CT molecular complexity index is 635. The predicted molar refractivity (Wildman–Crippen MR) is 93.4 cm³/mol. The van der Waals surface area contributed by atoms with E-state index in [0.29, 0.717) is 19.4 Å². The largest absolute Gasteiger partial charge is 0.368 e. The van der Waals surface area contributed by atoms with Gasteiger partial charge in [0.05, 0.1) is 0 Å². The van der Waals surface area contributed by atoms with Crippen LogP contribution in [0.5, 0.6) is 0 Å². The summed E-state index contributed by atoms with van der Waals surface area (Å²) in [6.07, 6.45) is 4.13. The van der Waals surface area contributed by atoms with E-state index in [-0.39, 0.29) is 16.9 Å². The Morgan fingerprint density at radius 1 is 1.12 bits per heavy atom. The molecule has 4 N–H and O–H groups in total. The second-order valence-corrected chi connectivity index (χ2v) is 7.97. The van der Waals surface area contributed by atoms with Crippen molar-refractivity contribution in [1.29, 1.82) is 0 Å². The SMILES string of the molecule is CC1(C)C[C@@]1(CNC(=O)NC1(C(N)=O)CCCC1)c1ccccc1. The van der Waals surface area contributed by atoms with E-state index in [1.807, 2.05) is 18.2 Å². The van der Waals surface area contributed by atoms with Crippen LogP contribution in [0.2, 0.25) is 0 Å². The summed E-state index contributed by atoms with van der Waals surface area (Å²) in [6, 6.07) is 10.0. The van der Waals surface area contributed by atoms with E-state index in [0.717, 1.165) is 19.3 Å². The molecule has 2 aliphatic carbocycles. The van der Waals surface area contributed by atoms with Crippen molar-refractivity contribution < 1.29 is 9.59 Å². The first-order chi connectivity index (χ1) is 11.3. The summed E-state index contributed by atoms with van der Waals surface area (Å²) in [6.45, 7) is 5.01. The highest BCUT2D eigenvalue weighted by Gasteiger charge is 2.61. The van der Waals surface area contributed by atoms with Gasteiger partial charge in [-0.15, -0.1) is 0 Å². The fraction of sp³-hybridized carbons (Fsp3) is 0.579. The first-order valence-electron chi connectivity index (χ1n) is 8.73. The van der Waals surface area contributed by atoms with Crippen molar-refractivity contribution in [2.75, 3.05) is 6.54 Å². The molecule has 130 valence electrons. The number of benzene rings is 1. The summed E-state index contributed by atoms with van der Waals surface area (Å²) >= 11 is 0. The number of urea groups is 1. The van der Waals surface area contributed by atoms with Gasteiger partial charge in [-0.3, -0.25) is 4.79 Å². The molecule has 0 spiro atoms. The van der Waals surface area contributed by atoms with E-state index in [1.165, 1.54) is 5.56 Å². The minimum atomic E-state index is -0.872. The van der Waals surface area contributed by atoms with Crippen LogP contribution in [-0.2, 0) is 10.2 Å². The number of primary amides is 1. The second-order valence-electron chi connectivity index (χ2n) is 7.97. The topological polar surface area (TPSA) is 84.2 Å². The summed E-state index contributed by atoms with van der Waals surface area (Å²) < 4.78 is 0. The fourth-order valence-electron chi connectivity index (χ4n) is 4.27. The summed E-state index contributed by atoms with van der Waals surface area (Å²) in [4.78, 5) is 24.2. The molecule has 0 saturated heterocycles. The number of carbonyl (C=O) groups is 2. The fourth-order valence-corrected chi connectivity index (χ4v) is 4.27. The average molecular weight is 329 g/mol. The molecule has 5 heteroatoms. The molecular weight excluding hydrogens is 302 g/mol. The van der Waals surface area contributed by atoms with Crippen LogP contribution in [-0.4, -0.2) is 24.0 Å². The Morgan fingerprint density at radius 2 is 1.71 bits per heavy atom. The van der Waals surface area contributed by atoms with Gasteiger partial charge < -0.3 is 16.4 Å². The van der Waals surface area contributed by atoms with Crippen LogP contribution < -0.4 is 16.4 Å². The monoisotopic (exact) mass is 329 g/mol. The smallest absolute Gasteiger partial charge is 0.315 e. The molecule has 1 aromatic rings. The molecule has 2 aliphatic rings. The van der Waals surface area contributed by atoms with Gasteiger partial charge in [0.25, 0.3) is 0 Å². The molecule has 0 aliphatic heterocycles. The average Bonchev–Trinajstić information content (AvgIpc) is 2.88. The quantitative estimate of drug-likeness (QED) is 0.775. The van der Waals surface area contributed by atoms with E-state index in [9.17, 15) is 9.59 Å². The number of hydrogen-bond donors (Lipinski definition) is 3. The molecular formula is C19H27N3O2. The maximum Gasteiger partial charge on any atom is 0.315 e. The van der Waals surface area contributed by atoms with Crippen molar-refractivity contribution in [1.82, 2.24) is 10.6 Å². The van der Waals surface area contributed by atoms with Crippen molar-refractivity contribution in [2.24, 2.45) is 11.1 Å². The summed E-state index contributed by atoms with van der Waals surface area (Å²) in [5.74, 6) is -0.431. The van der Waals surface area contributed by atoms with Crippen LogP contribution in [0.4, 0.5) is 4.79 Å². The van der Waals surface area contributed by atoms with Crippen molar-refractivity contribution in [2.45, 2.75) is 56.9 Å². The second kappa shape index (κ2) is 5.80. The highest BCUT2D eigenvalue weighted by Crippen LogP contribution is 2.63. The van der Waals surface area contributed by atoms with Crippen LogP contribution in [0.3, 0.4) is 0 Å². The minimum absolute atomic E-state index is 0.0405. The van der Waals surface area contributed by atoms with E-state index >= 15 is 0 Å². The first-order valence-corrected chi connectivity index (χ1v) is 8.73. The number of hydrogen-bond acceptors (Lipinski definition) is 2. The Balaban J connectivity index is 1.66. The molecule has 5 nitrogen and oxygen atoms in total. The third-order valence-electron chi connectivity index (χ3n) is 6.07. The maximum absolute atomic E-state index is 12.4. The third kappa shape index (κ3) is 2.76. The first kappa shape index (κ1) is 16.8. The van der Waals surface area contributed by atoms with E-state index in [1.54, 1.807) is 0 Å².